The van der Waals surface area contributed by atoms with E-state index in [-0.39, 0.29) is 29.0 Å². The zero-order valence-electron chi connectivity index (χ0n) is 15.7. The summed E-state index contributed by atoms with van der Waals surface area (Å²) < 4.78 is 15.6. The van der Waals surface area contributed by atoms with E-state index in [1.54, 1.807) is 26.8 Å². The molecule has 0 bridgehead atoms. The summed E-state index contributed by atoms with van der Waals surface area (Å²) in [5.74, 6) is -1.14. The van der Waals surface area contributed by atoms with Crippen LogP contribution >= 0.6 is 0 Å². The largest absolute Gasteiger partial charge is 0.497 e. The van der Waals surface area contributed by atoms with Crippen LogP contribution in [0.2, 0.25) is 0 Å². The quantitative estimate of drug-likeness (QED) is 0.540. The number of amides is 1. The second kappa shape index (κ2) is 8.39. The lowest BCUT2D eigenvalue weighted by Crippen LogP contribution is -2.19. The predicted molar refractivity (Wildman–Crippen MR) is 97.6 cm³/mol. The first kappa shape index (κ1) is 20.0. The minimum Gasteiger partial charge on any atom is -0.497 e. The van der Waals surface area contributed by atoms with Gasteiger partial charge in [0.15, 0.2) is 6.61 Å². The molecule has 1 heterocycles. The fraction of sp³-hybridized carbons (Fsp3) is 0.316. The van der Waals surface area contributed by atoms with E-state index in [2.05, 4.69) is 4.98 Å². The van der Waals surface area contributed by atoms with Gasteiger partial charge in [0.05, 0.1) is 30.4 Å². The average molecular weight is 374 g/mol. The third kappa shape index (κ3) is 4.28. The number of aryl methyl sites for hydroxylation is 2. The van der Waals surface area contributed by atoms with Crippen LogP contribution in [0.3, 0.4) is 0 Å². The van der Waals surface area contributed by atoms with Gasteiger partial charge in [-0.1, -0.05) is 0 Å². The molecule has 3 N–H and O–H groups in total. The highest BCUT2D eigenvalue weighted by Crippen LogP contribution is 2.26. The molecule has 0 radical (unpaired) electrons. The number of benzene rings is 1. The molecule has 0 saturated heterocycles. The van der Waals surface area contributed by atoms with Gasteiger partial charge in [0, 0.05) is 17.5 Å². The van der Waals surface area contributed by atoms with Gasteiger partial charge >= 0.3 is 5.97 Å². The van der Waals surface area contributed by atoms with Crippen molar-refractivity contribution in [3.05, 3.63) is 46.3 Å². The van der Waals surface area contributed by atoms with E-state index in [1.807, 2.05) is 0 Å². The molecule has 0 unspecified atom stereocenters. The van der Waals surface area contributed by atoms with Crippen molar-refractivity contribution in [2.75, 3.05) is 20.3 Å². The number of rotatable bonds is 8. The fourth-order valence-electron chi connectivity index (χ4n) is 2.76. The number of aromatic nitrogens is 1. The molecule has 0 spiro atoms. The van der Waals surface area contributed by atoms with Crippen LogP contribution in [-0.4, -0.2) is 43.0 Å². The number of ether oxygens (including phenoxy) is 3. The van der Waals surface area contributed by atoms with E-state index in [0.29, 0.717) is 17.1 Å². The Hall–Kier alpha value is -3.29. The summed E-state index contributed by atoms with van der Waals surface area (Å²) in [4.78, 5) is 39.4. The van der Waals surface area contributed by atoms with Crippen molar-refractivity contribution in [1.29, 1.82) is 0 Å². The lowest BCUT2D eigenvalue weighted by Gasteiger charge is -2.11. The van der Waals surface area contributed by atoms with Gasteiger partial charge in [-0.05, 0) is 32.9 Å². The van der Waals surface area contributed by atoms with E-state index in [9.17, 15) is 14.4 Å². The molecule has 0 atom stereocenters. The number of hydrogen-bond donors (Lipinski definition) is 2. The van der Waals surface area contributed by atoms with Crippen molar-refractivity contribution in [3.63, 3.8) is 0 Å². The van der Waals surface area contributed by atoms with Gasteiger partial charge < -0.3 is 24.9 Å². The third-order valence-corrected chi connectivity index (χ3v) is 3.95. The molecule has 0 aliphatic carbocycles. The zero-order chi connectivity index (χ0) is 20.1. The van der Waals surface area contributed by atoms with Crippen molar-refractivity contribution in [2.24, 2.45) is 5.73 Å². The monoisotopic (exact) mass is 374 g/mol. The van der Waals surface area contributed by atoms with Gasteiger partial charge in [0.25, 0.3) is 5.91 Å². The van der Waals surface area contributed by atoms with Gasteiger partial charge in [-0.25, -0.2) is 4.79 Å². The highest BCUT2D eigenvalue weighted by Gasteiger charge is 2.26. The van der Waals surface area contributed by atoms with Gasteiger partial charge in [0.1, 0.15) is 11.5 Å². The van der Waals surface area contributed by atoms with Crippen LogP contribution in [0, 0.1) is 13.8 Å². The minimum atomic E-state index is -0.694. The van der Waals surface area contributed by atoms with E-state index in [1.165, 1.54) is 19.2 Å². The second-order valence-electron chi connectivity index (χ2n) is 5.78. The van der Waals surface area contributed by atoms with Gasteiger partial charge in [0.2, 0.25) is 5.78 Å². The number of ketones is 1. The van der Waals surface area contributed by atoms with E-state index in [0.717, 1.165) is 0 Å². The maximum absolute atomic E-state index is 12.7. The molecule has 0 aliphatic heterocycles. The molecule has 0 fully saturated rings. The van der Waals surface area contributed by atoms with Gasteiger partial charge in [-0.3, -0.25) is 9.59 Å². The Labute approximate surface area is 156 Å². The second-order valence-corrected chi connectivity index (χ2v) is 5.78. The van der Waals surface area contributed by atoms with E-state index >= 15 is 0 Å². The number of carbonyl (C=O) groups is 3. The minimum absolute atomic E-state index is 0.121. The van der Waals surface area contributed by atoms with Crippen LogP contribution in [0.15, 0.2) is 18.2 Å². The third-order valence-electron chi connectivity index (χ3n) is 3.95. The summed E-state index contributed by atoms with van der Waals surface area (Å²) in [7, 11) is 1.46. The van der Waals surface area contributed by atoms with Crippen molar-refractivity contribution in [1.82, 2.24) is 4.98 Å². The van der Waals surface area contributed by atoms with Crippen LogP contribution in [-0.2, 0) is 4.74 Å². The van der Waals surface area contributed by atoms with Crippen molar-refractivity contribution < 1.29 is 28.6 Å². The molecule has 8 heteroatoms. The number of aromatic amines is 1. The highest BCUT2D eigenvalue weighted by atomic mass is 16.5. The van der Waals surface area contributed by atoms with E-state index < -0.39 is 24.3 Å². The van der Waals surface area contributed by atoms with Crippen molar-refractivity contribution >= 4 is 17.7 Å². The summed E-state index contributed by atoms with van der Waals surface area (Å²) in [5, 5.41) is 0. The molecule has 0 aliphatic rings. The number of esters is 1. The summed E-state index contributed by atoms with van der Waals surface area (Å²) >= 11 is 0. The summed E-state index contributed by atoms with van der Waals surface area (Å²) in [6.45, 7) is 4.86. The van der Waals surface area contributed by atoms with Crippen LogP contribution < -0.4 is 15.2 Å². The molecule has 1 aromatic carbocycles. The maximum Gasteiger partial charge on any atom is 0.340 e. The number of hydrogen-bond acceptors (Lipinski definition) is 6. The molecule has 2 aromatic rings. The average Bonchev–Trinajstić information content (AvgIpc) is 2.93. The molecular formula is C19H22N2O6. The Morgan fingerprint density at radius 3 is 2.37 bits per heavy atom. The topological polar surface area (TPSA) is 121 Å². The SMILES string of the molecule is CCOC(=O)c1c(C)[nH]c(C)c1C(=O)COc1cc(OC)ccc1C(N)=O. The summed E-state index contributed by atoms with van der Waals surface area (Å²) in [5.41, 5.74) is 6.91. The number of H-pyrrole nitrogens is 1. The van der Waals surface area contributed by atoms with E-state index in [4.69, 9.17) is 19.9 Å². The Kier molecular flexibility index (Phi) is 6.23. The number of Topliss-reactive ketones (excluding diaryl/α,β-unsaturated/α-hetero) is 1. The molecule has 27 heavy (non-hydrogen) atoms. The number of carbonyl (C=O) groups excluding carboxylic acids is 3. The van der Waals surface area contributed by atoms with Crippen LogP contribution in [0.4, 0.5) is 0 Å². The Morgan fingerprint density at radius 2 is 1.78 bits per heavy atom. The maximum atomic E-state index is 12.7. The Bertz CT molecular complexity index is 885. The van der Waals surface area contributed by atoms with Gasteiger partial charge in [-0.2, -0.15) is 0 Å². The lowest BCUT2D eigenvalue weighted by molar-refractivity contribution is 0.0522. The number of primary amides is 1. The summed E-state index contributed by atoms with van der Waals surface area (Å²) in [6.07, 6.45) is 0. The molecule has 2 rings (SSSR count). The predicted octanol–water partition coefficient (Wildman–Crippen LogP) is 2.18. The molecule has 8 nitrogen and oxygen atoms in total. The normalized spacial score (nSPS) is 10.4. The highest BCUT2D eigenvalue weighted by molar-refractivity contribution is 6.08. The zero-order valence-corrected chi connectivity index (χ0v) is 15.7. The molecule has 144 valence electrons. The summed E-state index contributed by atoms with van der Waals surface area (Å²) in [6, 6.07) is 4.48. The first-order valence-corrected chi connectivity index (χ1v) is 8.30. The molecular weight excluding hydrogens is 352 g/mol. The fourth-order valence-corrected chi connectivity index (χ4v) is 2.76. The number of nitrogens with one attached hydrogen (secondary N) is 1. The van der Waals surface area contributed by atoms with Crippen LogP contribution in [0.25, 0.3) is 0 Å². The smallest absolute Gasteiger partial charge is 0.340 e. The van der Waals surface area contributed by atoms with Crippen LogP contribution in [0.1, 0.15) is 49.4 Å². The lowest BCUT2D eigenvalue weighted by atomic mass is 10.1. The standard InChI is InChI=1S/C19H22N2O6/c1-5-26-19(24)17-11(3)21-10(2)16(17)14(22)9-27-15-8-12(25-4)6-7-13(15)18(20)23/h6-8,21H,5,9H2,1-4H3,(H2,20,23). The van der Waals surface area contributed by atoms with Gasteiger partial charge in [-0.15, -0.1) is 0 Å². The Balaban J connectivity index is 2.30. The molecule has 0 saturated carbocycles. The van der Waals surface area contributed by atoms with Crippen molar-refractivity contribution in [2.45, 2.75) is 20.8 Å². The molecule has 1 amide bonds. The number of methoxy groups -OCH3 is 1. The first-order chi connectivity index (χ1) is 12.8. The molecule has 1 aromatic heterocycles. The van der Waals surface area contributed by atoms with Crippen molar-refractivity contribution in [3.8, 4) is 11.5 Å². The first-order valence-electron chi connectivity index (χ1n) is 8.30. The Morgan fingerprint density at radius 1 is 1.11 bits per heavy atom. The number of nitrogens with two attached hydrogens (primary N) is 1. The van der Waals surface area contributed by atoms with Crippen LogP contribution in [0.5, 0.6) is 11.5 Å².